The number of carbonyl (C=O) groups is 3. The maximum atomic E-state index is 11.9. The molecule has 0 spiro atoms. The zero-order valence-corrected chi connectivity index (χ0v) is 19.2. The Labute approximate surface area is 188 Å². The van der Waals surface area contributed by atoms with E-state index in [2.05, 4.69) is 48.7 Å². The number of carboxylic acids is 1. The van der Waals surface area contributed by atoms with Crippen LogP contribution in [0.25, 0.3) is 0 Å². The molecule has 2 amide bonds. The number of nitrogens with one attached hydrogen (secondary N) is 1. The molecule has 0 bridgehead atoms. The van der Waals surface area contributed by atoms with Gasteiger partial charge < -0.3 is 16.2 Å². The molecule has 1 atom stereocenters. The zero-order valence-electron chi connectivity index (χ0n) is 19.2. The molecule has 0 heterocycles. The van der Waals surface area contributed by atoms with Crippen molar-refractivity contribution in [2.24, 2.45) is 5.73 Å². The quantitative estimate of drug-likeness (QED) is 0.181. The van der Waals surface area contributed by atoms with Crippen LogP contribution in [-0.4, -0.2) is 28.9 Å². The maximum Gasteiger partial charge on any atom is 0.326 e. The molecule has 176 valence electrons. The number of hydrogen-bond acceptors (Lipinski definition) is 3. The number of nitrogens with two attached hydrogens (primary N) is 1. The summed E-state index contributed by atoms with van der Waals surface area (Å²) in [7, 11) is 0. The Morgan fingerprint density at radius 3 is 1.90 bits per heavy atom. The molecule has 0 aromatic rings. The predicted molar refractivity (Wildman–Crippen MR) is 126 cm³/mol. The van der Waals surface area contributed by atoms with Crippen molar-refractivity contribution in [3.05, 3.63) is 36.5 Å². The Morgan fingerprint density at radius 1 is 0.806 bits per heavy atom. The molecule has 0 aromatic carbocycles. The average molecular weight is 435 g/mol. The molecular formula is C25H42N2O4. The second kappa shape index (κ2) is 20.9. The first-order chi connectivity index (χ1) is 15.0. The lowest BCUT2D eigenvalue weighted by atomic mass is 10.1. The third-order valence-electron chi connectivity index (χ3n) is 4.86. The van der Waals surface area contributed by atoms with Gasteiger partial charge in [-0.05, 0) is 51.4 Å². The van der Waals surface area contributed by atoms with E-state index in [1.54, 1.807) is 0 Å². The molecule has 0 aliphatic rings. The van der Waals surface area contributed by atoms with Gasteiger partial charge >= 0.3 is 5.97 Å². The van der Waals surface area contributed by atoms with E-state index in [0.717, 1.165) is 44.9 Å². The molecule has 31 heavy (non-hydrogen) atoms. The van der Waals surface area contributed by atoms with E-state index in [4.69, 9.17) is 10.8 Å². The van der Waals surface area contributed by atoms with Crippen LogP contribution in [0.3, 0.4) is 0 Å². The van der Waals surface area contributed by atoms with Crippen molar-refractivity contribution in [2.75, 3.05) is 0 Å². The van der Waals surface area contributed by atoms with E-state index in [-0.39, 0.29) is 18.7 Å². The van der Waals surface area contributed by atoms with Crippen LogP contribution in [0.5, 0.6) is 0 Å². The molecule has 0 unspecified atom stereocenters. The third-order valence-corrected chi connectivity index (χ3v) is 4.86. The summed E-state index contributed by atoms with van der Waals surface area (Å²) in [6, 6.07) is -1.05. The SMILES string of the molecule is CCCCC/C=C\C/C=C\C/C=C\CCCCCCC(=O)N[C@@H](CCC(N)=O)C(=O)O. The summed E-state index contributed by atoms with van der Waals surface area (Å²) in [5, 5.41) is 11.5. The Balaban J connectivity index is 3.64. The minimum absolute atomic E-state index is 0.0215. The van der Waals surface area contributed by atoms with Crippen LogP contribution >= 0.6 is 0 Å². The van der Waals surface area contributed by atoms with E-state index in [0.29, 0.717) is 6.42 Å². The van der Waals surface area contributed by atoms with Gasteiger partial charge in [-0.25, -0.2) is 4.79 Å². The van der Waals surface area contributed by atoms with E-state index in [9.17, 15) is 14.4 Å². The molecule has 0 aliphatic carbocycles. The van der Waals surface area contributed by atoms with Gasteiger partial charge in [-0.1, -0.05) is 69.1 Å². The van der Waals surface area contributed by atoms with E-state index in [1.165, 1.54) is 25.7 Å². The molecule has 0 saturated heterocycles. The zero-order chi connectivity index (χ0) is 23.2. The fourth-order valence-electron chi connectivity index (χ4n) is 3.00. The Kier molecular flexibility index (Phi) is 19.3. The van der Waals surface area contributed by atoms with Crippen LogP contribution in [0.4, 0.5) is 0 Å². The van der Waals surface area contributed by atoms with Crippen LogP contribution in [0.15, 0.2) is 36.5 Å². The Bertz CT molecular complexity index is 582. The highest BCUT2D eigenvalue weighted by molar-refractivity contribution is 5.84. The van der Waals surface area contributed by atoms with Gasteiger partial charge in [0.25, 0.3) is 0 Å². The van der Waals surface area contributed by atoms with Gasteiger partial charge in [0.15, 0.2) is 0 Å². The highest BCUT2D eigenvalue weighted by atomic mass is 16.4. The Hall–Kier alpha value is -2.37. The molecule has 0 aromatic heterocycles. The highest BCUT2D eigenvalue weighted by Gasteiger charge is 2.20. The van der Waals surface area contributed by atoms with E-state index >= 15 is 0 Å². The molecule has 4 N–H and O–H groups in total. The molecule has 0 fully saturated rings. The minimum atomic E-state index is -1.14. The van der Waals surface area contributed by atoms with E-state index < -0.39 is 17.9 Å². The van der Waals surface area contributed by atoms with Crippen LogP contribution < -0.4 is 11.1 Å². The molecule has 0 aliphatic heterocycles. The molecular weight excluding hydrogens is 392 g/mol. The second-order valence-corrected chi connectivity index (χ2v) is 7.80. The lowest BCUT2D eigenvalue weighted by Crippen LogP contribution is -2.41. The largest absolute Gasteiger partial charge is 0.480 e. The number of hydrogen-bond donors (Lipinski definition) is 3. The van der Waals surface area contributed by atoms with Crippen molar-refractivity contribution in [2.45, 2.75) is 103 Å². The van der Waals surface area contributed by atoms with Crippen LogP contribution in [0.1, 0.15) is 96.8 Å². The van der Waals surface area contributed by atoms with Gasteiger partial charge in [0.2, 0.25) is 11.8 Å². The van der Waals surface area contributed by atoms with Gasteiger partial charge in [0, 0.05) is 12.8 Å². The second-order valence-electron chi connectivity index (χ2n) is 7.80. The lowest BCUT2D eigenvalue weighted by Gasteiger charge is -2.13. The topological polar surface area (TPSA) is 109 Å². The molecule has 0 rings (SSSR count). The summed E-state index contributed by atoms with van der Waals surface area (Å²) in [5.74, 6) is -2.01. The first kappa shape index (κ1) is 28.6. The van der Waals surface area contributed by atoms with Crippen molar-refractivity contribution >= 4 is 17.8 Å². The maximum absolute atomic E-state index is 11.9. The summed E-state index contributed by atoms with van der Waals surface area (Å²) in [6.07, 6.45) is 25.4. The van der Waals surface area contributed by atoms with Crippen molar-refractivity contribution in [1.29, 1.82) is 0 Å². The number of allylic oxidation sites excluding steroid dienone is 6. The van der Waals surface area contributed by atoms with Gasteiger partial charge in [-0.15, -0.1) is 0 Å². The summed E-state index contributed by atoms with van der Waals surface area (Å²) in [4.78, 5) is 33.7. The van der Waals surface area contributed by atoms with Crippen LogP contribution in [-0.2, 0) is 14.4 Å². The summed E-state index contributed by atoms with van der Waals surface area (Å²) in [5.41, 5.74) is 5.02. The molecule has 6 heteroatoms. The van der Waals surface area contributed by atoms with Crippen molar-refractivity contribution in [3.63, 3.8) is 0 Å². The summed E-state index contributed by atoms with van der Waals surface area (Å²) >= 11 is 0. The predicted octanol–water partition coefficient (Wildman–Crippen LogP) is 5.19. The first-order valence-electron chi connectivity index (χ1n) is 11.7. The number of carbonyl (C=O) groups excluding carboxylic acids is 2. The average Bonchev–Trinajstić information content (AvgIpc) is 2.73. The number of aliphatic carboxylic acids is 1. The third kappa shape index (κ3) is 20.7. The minimum Gasteiger partial charge on any atom is -0.480 e. The van der Waals surface area contributed by atoms with Crippen molar-refractivity contribution in [3.8, 4) is 0 Å². The Morgan fingerprint density at radius 2 is 1.35 bits per heavy atom. The number of rotatable bonds is 20. The molecule has 0 saturated carbocycles. The van der Waals surface area contributed by atoms with Gasteiger partial charge in [0.05, 0.1) is 0 Å². The standard InChI is InChI=1S/C25H42N2O4/c1-2-3-4-5-6-7-8-9-10-11-12-13-14-15-16-17-18-19-24(29)27-22(25(30)31)20-21-23(26)28/h6-7,9-10,12-13,22H,2-5,8,11,14-21H2,1H3,(H2,26,28)(H,27,29)(H,30,31)/b7-6-,10-9-,13-12-/t22-/m0/s1. The normalized spacial score (nSPS) is 12.7. The monoisotopic (exact) mass is 434 g/mol. The highest BCUT2D eigenvalue weighted by Crippen LogP contribution is 2.07. The fraction of sp³-hybridized carbons (Fsp3) is 0.640. The van der Waals surface area contributed by atoms with Gasteiger partial charge in [-0.2, -0.15) is 0 Å². The first-order valence-corrected chi connectivity index (χ1v) is 11.7. The van der Waals surface area contributed by atoms with E-state index in [1.807, 2.05) is 0 Å². The number of amides is 2. The smallest absolute Gasteiger partial charge is 0.326 e. The number of carboxylic acid groups (broad SMARTS) is 1. The summed E-state index contributed by atoms with van der Waals surface area (Å²) < 4.78 is 0. The molecule has 0 radical (unpaired) electrons. The van der Waals surface area contributed by atoms with Crippen LogP contribution in [0, 0.1) is 0 Å². The van der Waals surface area contributed by atoms with Crippen molar-refractivity contribution in [1.82, 2.24) is 5.32 Å². The van der Waals surface area contributed by atoms with Gasteiger partial charge in [0.1, 0.15) is 6.04 Å². The lowest BCUT2D eigenvalue weighted by molar-refractivity contribution is -0.142. The van der Waals surface area contributed by atoms with Crippen molar-refractivity contribution < 1.29 is 19.5 Å². The summed E-state index contributed by atoms with van der Waals surface area (Å²) in [6.45, 7) is 2.22. The van der Waals surface area contributed by atoms with Gasteiger partial charge in [-0.3, -0.25) is 9.59 Å². The molecule has 6 nitrogen and oxygen atoms in total. The number of unbranched alkanes of at least 4 members (excludes halogenated alkanes) is 7. The fourth-order valence-corrected chi connectivity index (χ4v) is 3.00. The number of primary amides is 1. The van der Waals surface area contributed by atoms with Crippen LogP contribution in [0.2, 0.25) is 0 Å².